The molecule has 5 heteroatoms. The highest BCUT2D eigenvalue weighted by Crippen LogP contribution is 2.16. The fraction of sp³-hybridized carbons (Fsp3) is 0.125. The van der Waals surface area contributed by atoms with E-state index in [9.17, 15) is 4.79 Å². The molecule has 5 nitrogen and oxygen atoms in total. The molecule has 0 bridgehead atoms. The summed E-state index contributed by atoms with van der Waals surface area (Å²) >= 11 is 0. The quantitative estimate of drug-likeness (QED) is 0.866. The molecule has 0 radical (unpaired) electrons. The molecular formula is C16H14N2O3. The number of amides is 1. The SMILES string of the molecule is C=Cc1ccc(CN2C(=O)CON=C2c2ccco2)cc1. The van der Waals surface area contributed by atoms with Crippen LogP contribution in [0.1, 0.15) is 16.9 Å². The Hall–Kier alpha value is -2.82. The van der Waals surface area contributed by atoms with Crippen molar-refractivity contribution in [2.75, 3.05) is 6.61 Å². The lowest BCUT2D eigenvalue weighted by Crippen LogP contribution is -2.42. The summed E-state index contributed by atoms with van der Waals surface area (Å²) in [5.41, 5.74) is 2.03. The summed E-state index contributed by atoms with van der Waals surface area (Å²) in [5.74, 6) is 0.749. The minimum absolute atomic E-state index is 0.0606. The molecule has 1 aromatic heterocycles. The van der Waals surface area contributed by atoms with Gasteiger partial charge in [0.05, 0.1) is 12.8 Å². The van der Waals surface area contributed by atoms with Gasteiger partial charge in [-0.05, 0) is 23.3 Å². The average molecular weight is 282 g/mol. The van der Waals surface area contributed by atoms with Gasteiger partial charge in [0.1, 0.15) is 0 Å². The molecule has 0 fully saturated rings. The van der Waals surface area contributed by atoms with E-state index < -0.39 is 0 Å². The second-order valence-electron chi connectivity index (χ2n) is 4.59. The van der Waals surface area contributed by atoms with Gasteiger partial charge < -0.3 is 9.25 Å². The second kappa shape index (κ2) is 5.66. The molecule has 0 saturated heterocycles. The number of carbonyl (C=O) groups excluding carboxylic acids is 1. The van der Waals surface area contributed by atoms with Crippen LogP contribution in [0.5, 0.6) is 0 Å². The normalized spacial score (nSPS) is 14.6. The molecule has 0 atom stereocenters. The van der Waals surface area contributed by atoms with Gasteiger partial charge in [-0.25, -0.2) is 0 Å². The number of rotatable bonds is 4. The van der Waals surface area contributed by atoms with Crippen molar-refractivity contribution >= 4 is 17.8 Å². The number of carbonyl (C=O) groups is 1. The van der Waals surface area contributed by atoms with E-state index in [1.54, 1.807) is 23.1 Å². The van der Waals surface area contributed by atoms with Gasteiger partial charge in [-0.3, -0.25) is 9.69 Å². The van der Waals surface area contributed by atoms with E-state index in [0.29, 0.717) is 18.1 Å². The molecular weight excluding hydrogens is 268 g/mol. The monoisotopic (exact) mass is 282 g/mol. The van der Waals surface area contributed by atoms with Crippen LogP contribution in [-0.4, -0.2) is 23.2 Å². The van der Waals surface area contributed by atoms with Gasteiger partial charge in [0.15, 0.2) is 12.4 Å². The van der Waals surface area contributed by atoms with Crippen molar-refractivity contribution in [2.45, 2.75) is 6.54 Å². The first-order valence-corrected chi connectivity index (χ1v) is 6.53. The Morgan fingerprint density at radius 2 is 2.10 bits per heavy atom. The number of hydrogen-bond acceptors (Lipinski definition) is 4. The van der Waals surface area contributed by atoms with Crippen LogP contribution in [0, 0.1) is 0 Å². The molecule has 1 amide bonds. The Morgan fingerprint density at radius 3 is 2.76 bits per heavy atom. The second-order valence-corrected chi connectivity index (χ2v) is 4.59. The molecule has 0 aliphatic carbocycles. The Kier molecular flexibility index (Phi) is 3.55. The lowest BCUT2D eigenvalue weighted by atomic mass is 10.1. The molecule has 21 heavy (non-hydrogen) atoms. The third-order valence-corrected chi connectivity index (χ3v) is 3.19. The molecule has 0 N–H and O–H groups in total. The molecule has 106 valence electrons. The molecule has 0 unspecified atom stereocenters. The Labute approximate surface area is 122 Å². The smallest absolute Gasteiger partial charge is 0.269 e. The van der Waals surface area contributed by atoms with Gasteiger partial charge in [0.25, 0.3) is 5.91 Å². The van der Waals surface area contributed by atoms with Gasteiger partial charge in [-0.2, -0.15) is 0 Å². The standard InChI is InChI=1S/C16H14N2O3/c1-2-12-5-7-13(8-6-12)10-18-15(19)11-21-17-16(18)14-4-3-9-20-14/h2-9H,1,10-11H2. The highest BCUT2D eigenvalue weighted by molar-refractivity contribution is 6.07. The van der Waals surface area contributed by atoms with Crippen molar-refractivity contribution in [1.29, 1.82) is 0 Å². The summed E-state index contributed by atoms with van der Waals surface area (Å²) in [7, 11) is 0. The van der Waals surface area contributed by atoms with Gasteiger partial charge in [0, 0.05) is 0 Å². The maximum Gasteiger partial charge on any atom is 0.269 e. The Morgan fingerprint density at radius 1 is 1.29 bits per heavy atom. The van der Waals surface area contributed by atoms with Crippen molar-refractivity contribution in [3.05, 3.63) is 66.1 Å². The van der Waals surface area contributed by atoms with Crippen LogP contribution in [0.2, 0.25) is 0 Å². The lowest BCUT2D eigenvalue weighted by molar-refractivity contribution is -0.135. The van der Waals surface area contributed by atoms with Crippen LogP contribution in [0.4, 0.5) is 0 Å². The van der Waals surface area contributed by atoms with Crippen LogP contribution in [0.25, 0.3) is 6.08 Å². The molecule has 2 heterocycles. The first kappa shape index (κ1) is 13.2. The van der Waals surface area contributed by atoms with Crippen molar-refractivity contribution in [3.63, 3.8) is 0 Å². The number of hydrogen-bond donors (Lipinski definition) is 0. The topological polar surface area (TPSA) is 55.0 Å². The number of furan rings is 1. The summed E-state index contributed by atoms with van der Waals surface area (Å²) in [6, 6.07) is 11.3. The van der Waals surface area contributed by atoms with Crippen molar-refractivity contribution in [2.24, 2.45) is 5.16 Å². The molecule has 3 rings (SSSR count). The molecule has 1 aliphatic rings. The van der Waals surface area contributed by atoms with Crippen LogP contribution in [0.15, 0.2) is 58.8 Å². The zero-order valence-electron chi connectivity index (χ0n) is 11.4. The fourth-order valence-corrected chi connectivity index (χ4v) is 2.08. The first-order chi connectivity index (χ1) is 10.3. The van der Waals surface area contributed by atoms with Crippen LogP contribution < -0.4 is 0 Å². The van der Waals surface area contributed by atoms with E-state index in [-0.39, 0.29) is 12.5 Å². The Balaban J connectivity index is 1.86. The van der Waals surface area contributed by atoms with Crippen LogP contribution in [-0.2, 0) is 16.2 Å². The Bertz CT molecular complexity index is 672. The van der Waals surface area contributed by atoms with E-state index in [1.807, 2.05) is 24.3 Å². The molecule has 0 saturated carbocycles. The summed E-state index contributed by atoms with van der Waals surface area (Å²) in [6.07, 6.45) is 3.31. The van der Waals surface area contributed by atoms with E-state index in [1.165, 1.54) is 6.26 Å². The summed E-state index contributed by atoms with van der Waals surface area (Å²) in [6.45, 7) is 4.08. The minimum atomic E-state index is -0.149. The van der Waals surface area contributed by atoms with Gasteiger partial charge >= 0.3 is 0 Å². The van der Waals surface area contributed by atoms with Crippen molar-refractivity contribution < 1.29 is 14.0 Å². The molecule has 2 aromatic rings. The predicted molar refractivity (Wildman–Crippen MR) is 78.3 cm³/mol. The van der Waals surface area contributed by atoms with E-state index >= 15 is 0 Å². The number of benzene rings is 1. The third kappa shape index (κ3) is 2.72. The maximum atomic E-state index is 12.1. The molecule has 1 aliphatic heterocycles. The zero-order chi connectivity index (χ0) is 14.7. The van der Waals surface area contributed by atoms with Crippen LogP contribution >= 0.6 is 0 Å². The molecule has 1 aromatic carbocycles. The number of nitrogens with zero attached hydrogens (tertiary/aromatic N) is 2. The number of oxime groups is 1. The first-order valence-electron chi connectivity index (χ1n) is 6.53. The fourth-order valence-electron chi connectivity index (χ4n) is 2.08. The van der Waals surface area contributed by atoms with Gasteiger partial charge in [-0.15, -0.1) is 0 Å². The summed E-state index contributed by atoms with van der Waals surface area (Å²) in [5, 5.41) is 3.95. The summed E-state index contributed by atoms with van der Waals surface area (Å²) in [4.78, 5) is 18.6. The van der Waals surface area contributed by atoms with Gasteiger partial charge in [-0.1, -0.05) is 42.1 Å². The molecule has 0 spiro atoms. The van der Waals surface area contributed by atoms with E-state index in [2.05, 4.69) is 11.7 Å². The van der Waals surface area contributed by atoms with E-state index in [0.717, 1.165) is 11.1 Å². The predicted octanol–water partition coefficient (Wildman–Crippen LogP) is 2.64. The third-order valence-electron chi connectivity index (χ3n) is 3.19. The zero-order valence-corrected chi connectivity index (χ0v) is 11.4. The maximum absolute atomic E-state index is 12.1. The highest BCUT2D eigenvalue weighted by Gasteiger charge is 2.27. The summed E-state index contributed by atoms with van der Waals surface area (Å²) < 4.78 is 5.31. The largest absolute Gasteiger partial charge is 0.461 e. The number of amidine groups is 1. The lowest BCUT2D eigenvalue weighted by Gasteiger charge is -2.25. The highest BCUT2D eigenvalue weighted by atomic mass is 16.6. The van der Waals surface area contributed by atoms with Gasteiger partial charge in [0.2, 0.25) is 5.84 Å². The van der Waals surface area contributed by atoms with E-state index in [4.69, 9.17) is 9.25 Å². The minimum Gasteiger partial charge on any atom is -0.461 e. The van der Waals surface area contributed by atoms with Crippen LogP contribution in [0.3, 0.4) is 0 Å². The van der Waals surface area contributed by atoms with Crippen molar-refractivity contribution in [1.82, 2.24) is 4.90 Å². The van der Waals surface area contributed by atoms with Crippen molar-refractivity contribution in [3.8, 4) is 0 Å². The average Bonchev–Trinajstić information content (AvgIpc) is 3.04.